The van der Waals surface area contributed by atoms with Gasteiger partial charge in [-0.15, -0.1) is 0 Å². The first-order valence-electron chi connectivity index (χ1n) is 13.2. The number of furan rings is 1. The van der Waals surface area contributed by atoms with Gasteiger partial charge in [-0.2, -0.15) is 8.42 Å². The van der Waals surface area contributed by atoms with E-state index < -0.39 is 21.7 Å². The minimum absolute atomic E-state index is 0.0756. The fourth-order valence-corrected chi connectivity index (χ4v) is 5.24. The lowest BCUT2D eigenvalue weighted by atomic mass is 9.96. The van der Waals surface area contributed by atoms with Crippen LogP contribution in [0.5, 0.6) is 0 Å². The van der Waals surface area contributed by atoms with E-state index in [2.05, 4.69) is 15.5 Å². The number of hydrogen-bond acceptors (Lipinski definition) is 6. The Balaban J connectivity index is 1.83. The van der Waals surface area contributed by atoms with Crippen LogP contribution < -0.4 is 15.5 Å². The molecule has 0 unspecified atom stereocenters. The molecule has 4 rings (SSSR count). The van der Waals surface area contributed by atoms with Gasteiger partial charge in [-0.1, -0.05) is 12.1 Å². The molecule has 0 atom stereocenters. The summed E-state index contributed by atoms with van der Waals surface area (Å²) in [7, 11) is -2.58. The van der Waals surface area contributed by atoms with Gasteiger partial charge in [0.15, 0.2) is 0 Å². The minimum atomic E-state index is -4.10. The molecule has 0 aliphatic heterocycles. The molecule has 4 aromatic rings. The third-order valence-electron chi connectivity index (χ3n) is 6.77. The van der Waals surface area contributed by atoms with E-state index in [0.717, 1.165) is 16.8 Å². The topological polar surface area (TPSA) is 129 Å². The van der Waals surface area contributed by atoms with E-state index in [9.17, 15) is 22.4 Å². The molecular weight excluding hydrogens is 549 g/mol. The van der Waals surface area contributed by atoms with Crippen molar-refractivity contribution >= 4 is 38.6 Å². The van der Waals surface area contributed by atoms with Gasteiger partial charge in [-0.25, -0.2) is 4.39 Å². The van der Waals surface area contributed by atoms with Crippen LogP contribution in [0.4, 0.5) is 10.1 Å². The number of anilines is 1. The van der Waals surface area contributed by atoms with Crippen LogP contribution >= 0.6 is 0 Å². The zero-order valence-electron chi connectivity index (χ0n) is 23.0. The van der Waals surface area contributed by atoms with Crippen LogP contribution in [-0.2, 0) is 10.1 Å². The van der Waals surface area contributed by atoms with Crippen LogP contribution in [-0.4, -0.2) is 57.2 Å². The second-order valence-electron chi connectivity index (χ2n) is 9.41. The predicted molar refractivity (Wildman–Crippen MR) is 157 cm³/mol. The molecule has 11 heteroatoms. The first-order valence-corrected chi connectivity index (χ1v) is 14.8. The molecule has 0 saturated carbocycles. The molecule has 1 aromatic heterocycles. The Hall–Kier alpha value is -4.22. The van der Waals surface area contributed by atoms with Crippen LogP contribution in [0.3, 0.4) is 0 Å². The second kappa shape index (κ2) is 12.5. The van der Waals surface area contributed by atoms with Gasteiger partial charge in [-0.3, -0.25) is 14.1 Å². The Morgan fingerprint density at radius 3 is 2.32 bits per heavy atom. The van der Waals surface area contributed by atoms with Gasteiger partial charge in [0.05, 0.1) is 11.3 Å². The van der Waals surface area contributed by atoms with Gasteiger partial charge in [0.1, 0.15) is 17.2 Å². The number of amides is 2. The highest BCUT2D eigenvalue weighted by Crippen LogP contribution is 2.41. The average molecular weight is 582 g/mol. The standard InChI is InChI=1S/C30H32FN3O6S/c1-4-34(5-2)25-18-26-24(27(30(36)32-3)28(40-26)19-10-12-22(31)13-11-19)17-23(25)20-8-6-9-21(16-20)29(35)33-14-7-15-41(37,38)39/h6,8-13,16-18H,4-5,7,14-15H2,1-3H3,(H,32,36)(H,33,35)(H,37,38,39). The summed E-state index contributed by atoms with van der Waals surface area (Å²) >= 11 is 0. The first kappa shape index (κ1) is 29.8. The molecule has 41 heavy (non-hydrogen) atoms. The third-order valence-corrected chi connectivity index (χ3v) is 7.58. The van der Waals surface area contributed by atoms with E-state index in [1.54, 1.807) is 30.3 Å². The molecule has 0 aliphatic rings. The molecule has 3 aromatic carbocycles. The fraction of sp³-hybridized carbons (Fsp3) is 0.267. The molecule has 0 spiro atoms. The lowest BCUT2D eigenvalue weighted by Gasteiger charge is -2.24. The normalized spacial score (nSPS) is 11.4. The zero-order chi connectivity index (χ0) is 29.7. The molecule has 2 amide bonds. The smallest absolute Gasteiger partial charge is 0.264 e. The summed E-state index contributed by atoms with van der Waals surface area (Å²) in [5.41, 5.74) is 4.07. The Morgan fingerprint density at radius 1 is 0.976 bits per heavy atom. The summed E-state index contributed by atoms with van der Waals surface area (Å²) in [5.74, 6) is -1.28. The molecule has 0 aliphatic carbocycles. The summed E-state index contributed by atoms with van der Waals surface area (Å²) in [6, 6.07) is 16.5. The van der Waals surface area contributed by atoms with E-state index in [1.165, 1.54) is 19.2 Å². The highest BCUT2D eigenvalue weighted by atomic mass is 32.2. The van der Waals surface area contributed by atoms with Gasteiger partial charge < -0.3 is 20.0 Å². The maximum Gasteiger partial charge on any atom is 0.264 e. The average Bonchev–Trinajstić information content (AvgIpc) is 3.33. The van der Waals surface area contributed by atoms with Crippen molar-refractivity contribution in [1.82, 2.24) is 10.6 Å². The molecule has 0 radical (unpaired) electrons. The SMILES string of the molecule is CCN(CC)c1cc2oc(-c3ccc(F)cc3)c(C(=O)NC)c2cc1-c1cccc(C(=O)NCCCS(=O)(=O)O)c1. The maximum atomic E-state index is 13.6. The van der Waals surface area contributed by atoms with Crippen molar-refractivity contribution in [2.24, 2.45) is 0 Å². The second-order valence-corrected chi connectivity index (χ2v) is 11.0. The largest absolute Gasteiger partial charge is 0.455 e. The Kier molecular flexibility index (Phi) is 9.09. The number of halogens is 1. The van der Waals surface area contributed by atoms with Gasteiger partial charge in [0.2, 0.25) is 0 Å². The predicted octanol–water partition coefficient (Wildman–Crippen LogP) is 5.12. The lowest BCUT2D eigenvalue weighted by Crippen LogP contribution is -2.26. The molecule has 0 saturated heterocycles. The van der Waals surface area contributed by atoms with Crippen LogP contribution in [0.15, 0.2) is 65.1 Å². The monoisotopic (exact) mass is 581 g/mol. The highest BCUT2D eigenvalue weighted by molar-refractivity contribution is 7.85. The van der Waals surface area contributed by atoms with Gasteiger partial charge in [0.25, 0.3) is 21.9 Å². The summed E-state index contributed by atoms with van der Waals surface area (Å²) in [6.07, 6.45) is 0.0756. The molecule has 0 bridgehead atoms. The fourth-order valence-electron chi connectivity index (χ4n) is 4.73. The van der Waals surface area contributed by atoms with E-state index in [1.807, 2.05) is 32.0 Å². The van der Waals surface area contributed by atoms with Gasteiger partial charge in [-0.05, 0) is 68.3 Å². The van der Waals surface area contributed by atoms with Crippen molar-refractivity contribution in [2.75, 3.05) is 37.3 Å². The number of hydrogen-bond donors (Lipinski definition) is 3. The van der Waals surface area contributed by atoms with Crippen molar-refractivity contribution < 1.29 is 31.4 Å². The number of nitrogens with one attached hydrogen (secondary N) is 2. The first-order chi connectivity index (χ1) is 19.6. The van der Waals surface area contributed by atoms with Crippen molar-refractivity contribution in [3.8, 4) is 22.5 Å². The quantitative estimate of drug-likeness (QED) is 0.166. The summed E-state index contributed by atoms with van der Waals surface area (Å²) in [4.78, 5) is 28.1. The number of carbonyl (C=O) groups is 2. The van der Waals surface area contributed by atoms with E-state index in [0.29, 0.717) is 46.5 Å². The van der Waals surface area contributed by atoms with Crippen molar-refractivity contribution in [3.05, 3.63) is 77.6 Å². The van der Waals surface area contributed by atoms with E-state index in [-0.39, 0.29) is 24.8 Å². The van der Waals surface area contributed by atoms with Crippen molar-refractivity contribution in [1.29, 1.82) is 0 Å². The molecule has 9 nitrogen and oxygen atoms in total. The molecule has 1 heterocycles. The zero-order valence-corrected chi connectivity index (χ0v) is 23.8. The van der Waals surface area contributed by atoms with E-state index >= 15 is 0 Å². The van der Waals surface area contributed by atoms with Crippen LogP contribution in [0.25, 0.3) is 33.4 Å². The van der Waals surface area contributed by atoms with E-state index in [4.69, 9.17) is 8.97 Å². The summed E-state index contributed by atoms with van der Waals surface area (Å²) in [5, 5.41) is 5.91. The highest BCUT2D eigenvalue weighted by Gasteiger charge is 2.24. The maximum absolute atomic E-state index is 13.6. The molecule has 0 fully saturated rings. The summed E-state index contributed by atoms with van der Waals surface area (Å²) in [6.45, 7) is 5.51. The number of fused-ring (bicyclic) bond motifs is 1. The molecular formula is C30H32FN3O6S. The molecule has 216 valence electrons. The minimum Gasteiger partial charge on any atom is -0.455 e. The Labute approximate surface area is 238 Å². The van der Waals surface area contributed by atoms with Crippen molar-refractivity contribution in [3.63, 3.8) is 0 Å². The van der Waals surface area contributed by atoms with Crippen LogP contribution in [0.2, 0.25) is 0 Å². The summed E-state index contributed by atoms with van der Waals surface area (Å²) < 4.78 is 50.7. The van der Waals surface area contributed by atoms with Gasteiger partial charge in [0, 0.05) is 60.5 Å². The van der Waals surface area contributed by atoms with Crippen LogP contribution in [0, 0.1) is 5.82 Å². The van der Waals surface area contributed by atoms with Crippen molar-refractivity contribution in [2.45, 2.75) is 20.3 Å². The number of carbonyl (C=O) groups excluding carboxylic acids is 2. The lowest BCUT2D eigenvalue weighted by molar-refractivity contribution is 0.0949. The van der Waals surface area contributed by atoms with Gasteiger partial charge >= 0.3 is 0 Å². The number of rotatable bonds is 11. The number of nitrogens with zero attached hydrogens (tertiary/aromatic N) is 1. The Morgan fingerprint density at radius 2 is 1.68 bits per heavy atom. The molecule has 3 N–H and O–H groups in total. The van der Waals surface area contributed by atoms with Crippen LogP contribution in [0.1, 0.15) is 41.0 Å². The third kappa shape index (κ3) is 6.75. The Bertz CT molecular complexity index is 1680. The number of benzene rings is 3.